The highest BCUT2D eigenvalue weighted by Crippen LogP contribution is 2.25. The maximum atomic E-state index is 12.5. The normalized spacial score (nSPS) is 13.7. The molecule has 0 saturated carbocycles. The van der Waals surface area contributed by atoms with Crippen LogP contribution in [0.25, 0.3) is 0 Å². The number of methoxy groups -OCH3 is 1. The molecule has 0 bridgehead atoms. The van der Waals surface area contributed by atoms with E-state index in [0.29, 0.717) is 23.7 Å². The largest absolute Gasteiger partial charge is 0.497 e. The molecule has 2 aromatic rings. The van der Waals surface area contributed by atoms with E-state index in [1.54, 1.807) is 31.4 Å². The molecular weight excluding hydrogens is 286 g/mol. The van der Waals surface area contributed by atoms with Gasteiger partial charge in [-0.1, -0.05) is 23.7 Å². The molecule has 3 nitrogen and oxygen atoms in total. The van der Waals surface area contributed by atoms with Gasteiger partial charge in [-0.15, -0.1) is 0 Å². The fourth-order valence-electron chi connectivity index (χ4n) is 2.63. The number of nitrogens with zero attached hydrogens (tertiary/aromatic N) is 1. The molecule has 0 saturated heterocycles. The highest BCUT2D eigenvalue weighted by atomic mass is 35.5. The minimum atomic E-state index is 0.0268. The number of ether oxygens (including phenoxy) is 1. The van der Waals surface area contributed by atoms with Gasteiger partial charge >= 0.3 is 0 Å². The lowest BCUT2D eigenvalue weighted by molar-refractivity contribution is 0.0734. The van der Waals surface area contributed by atoms with Crippen LogP contribution in [0, 0.1) is 0 Å². The van der Waals surface area contributed by atoms with E-state index in [-0.39, 0.29) is 5.91 Å². The Hall–Kier alpha value is -2.00. The van der Waals surface area contributed by atoms with Crippen LogP contribution in [0.4, 0.5) is 0 Å². The summed E-state index contributed by atoms with van der Waals surface area (Å²) in [6, 6.07) is 13.1. The van der Waals surface area contributed by atoms with Crippen LogP contribution in [0.1, 0.15) is 21.5 Å². The van der Waals surface area contributed by atoms with Gasteiger partial charge in [0.15, 0.2) is 0 Å². The van der Waals surface area contributed by atoms with Gasteiger partial charge in [-0.2, -0.15) is 0 Å². The number of hydrogen-bond donors (Lipinski definition) is 0. The quantitative estimate of drug-likeness (QED) is 0.849. The molecule has 2 aromatic carbocycles. The Morgan fingerprint density at radius 3 is 2.81 bits per heavy atom. The van der Waals surface area contributed by atoms with Gasteiger partial charge in [-0.05, 0) is 47.9 Å². The van der Waals surface area contributed by atoms with E-state index in [9.17, 15) is 4.79 Å². The number of carbonyl (C=O) groups is 1. The molecular formula is C17H16ClNO2. The molecule has 0 unspecified atom stereocenters. The maximum Gasteiger partial charge on any atom is 0.254 e. The zero-order chi connectivity index (χ0) is 14.8. The van der Waals surface area contributed by atoms with Crippen LogP contribution >= 0.6 is 11.6 Å². The number of hydrogen-bond acceptors (Lipinski definition) is 2. The van der Waals surface area contributed by atoms with Crippen molar-refractivity contribution in [3.05, 3.63) is 64.2 Å². The van der Waals surface area contributed by atoms with Gasteiger partial charge in [0.2, 0.25) is 0 Å². The first kappa shape index (κ1) is 14.0. The Labute approximate surface area is 129 Å². The van der Waals surface area contributed by atoms with Crippen molar-refractivity contribution in [3.8, 4) is 5.75 Å². The molecule has 4 heteroatoms. The van der Waals surface area contributed by atoms with Crippen molar-refractivity contribution >= 4 is 17.5 Å². The Bertz CT molecular complexity index is 684. The molecule has 0 spiro atoms. The van der Waals surface area contributed by atoms with Gasteiger partial charge in [0.1, 0.15) is 5.75 Å². The molecule has 0 aliphatic carbocycles. The van der Waals surface area contributed by atoms with E-state index < -0.39 is 0 Å². The van der Waals surface area contributed by atoms with Gasteiger partial charge < -0.3 is 9.64 Å². The predicted octanol–water partition coefficient (Wildman–Crippen LogP) is 3.55. The number of fused-ring (bicyclic) bond motifs is 1. The van der Waals surface area contributed by atoms with E-state index in [1.165, 1.54) is 11.1 Å². The van der Waals surface area contributed by atoms with Crippen molar-refractivity contribution in [1.29, 1.82) is 0 Å². The summed E-state index contributed by atoms with van der Waals surface area (Å²) >= 11 is 5.96. The van der Waals surface area contributed by atoms with Gasteiger partial charge in [0.25, 0.3) is 5.91 Å². The van der Waals surface area contributed by atoms with E-state index in [0.717, 1.165) is 12.2 Å². The average molecular weight is 302 g/mol. The Morgan fingerprint density at radius 1 is 1.19 bits per heavy atom. The number of carbonyl (C=O) groups excluding carboxylic acids is 1. The second-order valence-electron chi connectivity index (χ2n) is 5.12. The third-order valence-electron chi connectivity index (χ3n) is 3.78. The Kier molecular flexibility index (Phi) is 3.84. The maximum absolute atomic E-state index is 12.5. The Morgan fingerprint density at radius 2 is 2.05 bits per heavy atom. The van der Waals surface area contributed by atoms with Gasteiger partial charge in [0.05, 0.1) is 7.11 Å². The number of rotatable bonds is 2. The predicted molar refractivity (Wildman–Crippen MR) is 82.9 cm³/mol. The Balaban J connectivity index is 1.81. The lowest BCUT2D eigenvalue weighted by Crippen LogP contribution is -2.35. The van der Waals surface area contributed by atoms with Crippen molar-refractivity contribution in [2.24, 2.45) is 0 Å². The monoisotopic (exact) mass is 301 g/mol. The fraction of sp³-hybridized carbons (Fsp3) is 0.235. The highest BCUT2D eigenvalue weighted by molar-refractivity contribution is 6.30. The second kappa shape index (κ2) is 5.78. The molecule has 21 heavy (non-hydrogen) atoms. The first-order valence-electron chi connectivity index (χ1n) is 6.88. The van der Waals surface area contributed by atoms with Crippen LogP contribution in [-0.4, -0.2) is 24.5 Å². The van der Waals surface area contributed by atoms with E-state index in [2.05, 4.69) is 6.07 Å². The third-order valence-corrected chi connectivity index (χ3v) is 4.02. The summed E-state index contributed by atoms with van der Waals surface area (Å²) in [7, 11) is 1.67. The van der Waals surface area contributed by atoms with Gasteiger partial charge in [-0.3, -0.25) is 4.79 Å². The van der Waals surface area contributed by atoms with Crippen molar-refractivity contribution in [2.75, 3.05) is 13.7 Å². The molecule has 1 aliphatic rings. The zero-order valence-electron chi connectivity index (χ0n) is 11.8. The van der Waals surface area contributed by atoms with Crippen LogP contribution in [-0.2, 0) is 13.0 Å². The summed E-state index contributed by atoms with van der Waals surface area (Å²) in [5, 5.41) is 0.586. The van der Waals surface area contributed by atoms with E-state index in [4.69, 9.17) is 16.3 Å². The molecule has 0 radical (unpaired) electrons. The van der Waals surface area contributed by atoms with Crippen LogP contribution in [0.15, 0.2) is 42.5 Å². The highest BCUT2D eigenvalue weighted by Gasteiger charge is 2.22. The van der Waals surface area contributed by atoms with Crippen molar-refractivity contribution in [3.63, 3.8) is 0 Å². The second-order valence-corrected chi connectivity index (χ2v) is 5.56. The SMILES string of the molecule is COc1ccc2c(c1)CCN(C(=O)c1cccc(Cl)c1)C2. The lowest BCUT2D eigenvalue weighted by atomic mass is 9.99. The molecule has 3 rings (SSSR count). The first-order valence-corrected chi connectivity index (χ1v) is 7.26. The molecule has 1 amide bonds. The van der Waals surface area contributed by atoms with Crippen molar-refractivity contribution in [1.82, 2.24) is 4.90 Å². The summed E-state index contributed by atoms with van der Waals surface area (Å²) in [6.07, 6.45) is 0.846. The van der Waals surface area contributed by atoms with Gasteiger partial charge in [-0.25, -0.2) is 0 Å². The summed E-state index contributed by atoms with van der Waals surface area (Å²) in [6.45, 7) is 1.34. The topological polar surface area (TPSA) is 29.5 Å². The summed E-state index contributed by atoms with van der Waals surface area (Å²) in [5.74, 6) is 0.891. The minimum Gasteiger partial charge on any atom is -0.497 e. The van der Waals surface area contributed by atoms with Crippen LogP contribution in [0.5, 0.6) is 5.75 Å². The number of amides is 1. The van der Waals surface area contributed by atoms with Crippen LogP contribution in [0.3, 0.4) is 0 Å². The zero-order valence-corrected chi connectivity index (χ0v) is 12.6. The van der Waals surface area contributed by atoms with Crippen LogP contribution in [0.2, 0.25) is 5.02 Å². The molecule has 108 valence electrons. The third kappa shape index (κ3) is 2.88. The number of halogens is 1. The van der Waals surface area contributed by atoms with E-state index in [1.807, 2.05) is 17.0 Å². The first-order chi connectivity index (χ1) is 10.2. The summed E-state index contributed by atoms with van der Waals surface area (Å²) in [5.41, 5.74) is 3.07. The van der Waals surface area contributed by atoms with Crippen molar-refractivity contribution < 1.29 is 9.53 Å². The summed E-state index contributed by atoms with van der Waals surface area (Å²) in [4.78, 5) is 14.4. The molecule has 0 N–H and O–H groups in total. The average Bonchev–Trinajstić information content (AvgIpc) is 2.53. The molecule has 1 aliphatic heterocycles. The lowest BCUT2D eigenvalue weighted by Gasteiger charge is -2.29. The summed E-state index contributed by atoms with van der Waals surface area (Å²) < 4.78 is 5.24. The molecule has 1 heterocycles. The standard InChI is InChI=1S/C17H16ClNO2/c1-21-16-6-5-14-11-19(8-7-12(14)10-16)17(20)13-3-2-4-15(18)9-13/h2-6,9-10H,7-8,11H2,1H3. The van der Waals surface area contributed by atoms with Crippen LogP contribution < -0.4 is 4.74 Å². The van der Waals surface area contributed by atoms with Gasteiger partial charge in [0, 0.05) is 23.7 Å². The minimum absolute atomic E-state index is 0.0268. The number of benzene rings is 2. The smallest absolute Gasteiger partial charge is 0.254 e. The molecule has 0 atom stereocenters. The molecule has 0 aromatic heterocycles. The van der Waals surface area contributed by atoms with E-state index >= 15 is 0 Å². The van der Waals surface area contributed by atoms with Crippen molar-refractivity contribution in [2.45, 2.75) is 13.0 Å². The molecule has 0 fully saturated rings. The fourth-order valence-corrected chi connectivity index (χ4v) is 2.82.